The van der Waals surface area contributed by atoms with Gasteiger partial charge in [0.05, 0.1) is 0 Å². The van der Waals surface area contributed by atoms with Gasteiger partial charge >= 0.3 is 0 Å². The van der Waals surface area contributed by atoms with Crippen molar-refractivity contribution in [3.05, 3.63) is 23.4 Å². The number of anilines is 1. The van der Waals surface area contributed by atoms with Crippen molar-refractivity contribution in [2.75, 3.05) is 10.8 Å². The maximum Gasteiger partial charge on any atom is 0.243 e. The Morgan fingerprint density at radius 3 is 2.50 bits per heavy atom. The van der Waals surface area contributed by atoms with Gasteiger partial charge in [0.25, 0.3) is 0 Å². The van der Waals surface area contributed by atoms with E-state index in [-0.39, 0.29) is 17.3 Å². The van der Waals surface area contributed by atoms with Crippen LogP contribution in [0.3, 0.4) is 0 Å². The second-order valence-electron chi connectivity index (χ2n) is 4.35. The molecule has 0 fully saturated rings. The Balaban J connectivity index is 3.17. The fraction of sp³-hybridized carbons (Fsp3) is 0.455. The number of nitrogens with zero attached hydrogens (tertiary/aromatic N) is 2. The van der Waals surface area contributed by atoms with Crippen LogP contribution in [0.25, 0.3) is 0 Å². The van der Waals surface area contributed by atoms with Crippen molar-refractivity contribution < 1.29 is 4.79 Å². The van der Waals surface area contributed by atoms with Crippen molar-refractivity contribution in [2.24, 2.45) is 0 Å². The average molecular weight is 261 g/mol. The zero-order valence-corrected chi connectivity index (χ0v) is 11.0. The first-order chi connectivity index (χ1) is 7.36. The van der Waals surface area contributed by atoms with E-state index in [0.717, 1.165) is 0 Å². The highest BCUT2D eigenvalue weighted by Gasteiger charge is 2.28. The Bertz CT molecular complexity index is 388. The van der Waals surface area contributed by atoms with Crippen LogP contribution in [0.1, 0.15) is 20.8 Å². The van der Waals surface area contributed by atoms with E-state index in [9.17, 15) is 4.79 Å². The molecule has 0 unspecified atom stereocenters. The van der Waals surface area contributed by atoms with E-state index in [1.165, 1.54) is 0 Å². The summed E-state index contributed by atoms with van der Waals surface area (Å²) in [7, 11) is 0. The highest BCUT2D eigenvalue weighted by molar-refractivity contribution is 6.30. The molecule has 1 aromatic heterocycles. The molecular weight excluding hydrogens is 247 g/mol. The Morgan fingerprint density at radius 1 is 1.44 bits per heavy atom. The maximum atomic E-state index is 11.8. The van der Waals surface area contributed by atoms with E-state index < -0.39 is 0 Å². The number of carbonyl (C=O) groups excluding carboxylic acids is 1. The van der Waals surface area contributed by atoms with E-state index in [1.807, 2.05) is 20.8 Å². The number of carbonyl (C=O) groups is 1. The van der Waals surface area contributed by atoms with Gasteiger partial charge in [-0.05, 0) is 32.9 Å². The molecule has 0 aliphatic rings. The van der Waals surface area contributed by atoms with Crippen LogP contribution in [0.15, 0.2) is 18.2 Å². The van der Waals surface area contributed by atoms with Crippen molar-refractivity contribution in [1.29, 1.82) is 0 Å². The van der Waals surface area contributed by atoms with E-state index in [4.69, 9.17) is 23.2 Å². The third-order valence-corrected chi connectivity index (χ3v) is 2.40. The van der Waals surface area contributed by atoms with Gasteiger partial charge in [0.2, 0.25) is 5.91 Å². The molecule has 0 aromatic carbocycles. The summed E-state index contributed by atoms with van der Waals surface area (Å²) in [6.07, 6.45) is 0. The molecule has 1 aromatic rings. The lowest BCUT2D eigenvalue weighted by atomic mass is 10.1. The van der Waals surface area contributed by atoms with Gasteiger partial charge in [-0.25, -0.2) is 4.98 Å². The van der Waals surface area contributed by atoms with Crippen molar-refractivity contribution in [2.45, 2.75) is 26.3 Å². The molecule has 1 rings (SSSR count). The molecule has 1 amide bonds. The van der Waals surface area contributed by atoms with E-state index in [1.54, 1.807) is 23.1 Å². The first-order valence-corrected chi connectivity index (χ1v) is 5.79. The minimum Gasteiger partial charge on any atom is -0.290 e. The summed E-state index contributed by atoms with van der Waals surface area (Å²) in [6, 6.07) is 5.16. The van der Waals surface area contributed by atoms with Crippen LogP contribution in [-0.4, -0.2) is 22.3 Å². The average Bonchev–Trinajstić information content (AvgIpc) is 2.15. The van der Waals surface area contributed by atoms with Gasteiger partial charge in [-0.3, -0.25) is 9.69 Å². The normalized spacial score (nSPS) is 11.3. The maximum absolute atomic E-state index is 11.8. The predicted molar refractivity (Wildman–Crippen MR) is 67.2 cm³/mol. The topological polar surface area (TPSA) is 33.2 Å². The lowest BCUT2D eigenvalue weighted by Crippen LogP contribution is -2.47. The second-order valence-corrected chi connectivity index (χ2v) is 5.01. The van der Waals surface area contributed by atoms with E-state index in [2.05, 4.69) is 4.98 Å². The van der Waals surface area contributed by atoms with Crippen LogP contribution in [0.2, 0.25) is 5.15 Å². The predicted octanol–water partition coefficient (Wildman–Crippen LogP) is 3.11. The lowest BCUT2D eigenvalue weighted by molar-refractivity contribution is -0.117. The van der Waals surface area contributed by atoms with Gasteiger partial charge in [-0.15, -0.1) is 11.6 Å². The molecule has 0 saturated heterocycles. The number of amides is 1. The smallest absolute Gasteiger partial charge is 0.243 e. The molecule has 5 heteroatoms. The van der Waals surface area contributed by atoms with E-state index in [0.29, 0.717) is 11.0 Å². The first-order valence-electron chi connectivity index (χ1n) is 4.88. The number of alkyl halides is 1. The molecule has 1 heterocycles. The summed E-state index contributed by atoms with van der Waals surface area (Å²) < 4.78 is 0. The Morgan fingerprint density at radius 2 is 2.06 bits per heavy atom. The van der Waals surface area contributed by atoms with Crippen molar-refractivity contribution in [3.63, 3.8) is 0 Å². The molecule has 0 aliphatic carbocycles. The SMILES string of the molecule is CC(C)(C)N(C(=O)CCl)c1cccc(Cl)n1. The summed E-state index contributed by atoms with van der Waals surface area (Å²) >= 11 is 11.4. The Labute approximate surface area is 105 Å². The van der Waals surface area contributed by atoms with Crippen LogP contribution in [0, 0.1) is 0 Å². The number of rotatable bonds is 2. The fourth-order valence-electron chi connectivity index (χ4n) is 1.43. The summed E-state index contributed by atoms with van der Waals surface area (Å²) in [5.41, 5.74) is -0.385. The van der Waals surface area contributed by atoms with Crippen molar-refractivity contribution >= 4 is 34.9 Å². The zero-order chi connectivity index (χ0) is 12.3. The summed E-state index contributed by atoms with van der Waals surface area (Å²) in [5.74, 6) is 0.250. The molecule has 0 bridgehead atoms. The standard InChI is InChI=1S/C11H14Cl2N2O/c1-11(2,3)15(10(16)7-12)9-6-4-5-8(13)14-9/h4-6H,7H2,1-3H3. The lowest BCUT2D eigenvalue weighted by Gasteiger charge is -2.34. The molecule has 16 heavy (non-hydrogen) atoms. The van der Waals surface area contributed by atoms with Crippen LogP contribution in [-0.2, 0) is 4.79 Å². The molecule has 88 valence electrons. The minimum atomic E-state index is -0.385. The summed E-state index contributed by atoms with van der Waals surface area (Å²) in [4.78, 5) is 17.4. The van der Waals surface area contributed by atoms with Crippen LogP contribution < -0.4 is 4.90 Å². The minimum absolute atomic E-state index is 0.0779. The molecule has 0 radical (unpaired) electrons. The summed E-state index contributed by atoms with van der Waals surface area (Å²) in [5, 5.41) is 0.356. The van der Waals surface area contributed by atoms with Crippen LogP contribution in [0.4, 0.5) is 5.82 Å². The van der Waals surface area contributed by atoms with Gasteiger partial charge in [0.1, 0.15) is 16.9 Å². The quantitative estimate of drug-likeness (QED) is 0.605. The van der Waals surface area contributed by atoms with Gasteiger partial charge in [0, 0.05) is 5.54 Å². The Kier molecular flexibility index (Phi) is 4.16. The number of halogens is 2. The molecule has 0 saturated carbocycles. The van der Waals surface area contributed by atoms with Crippen LogP contribution in [0.5, 0.6) is 0 Å². The monoisotopic (exact) mass is 260 g/mol. The Hall–Kier alpha value is -0.800. The highest BCUT2D eigenvalue weighted by Crippen LogP contribution is 2.23. The van der Waals surface area contributed by atoms with Crippen molar-refractivity contribution in [3.8, 4) is 0 Å². The fourth-order valence-corrected chi connectivity index (χ4v) is 1.71. The van der Waals surface area contributed by atoms with Gasteiger partial charge < -0.3 is 0 Å². The summed E-state index contributed by atoms with van der Waals surface area (Å²) in [6.45, 7) is 5.75. The number of hydrogen-bond donors (Lipinski definition) is 0. The highest BCUT2D eigenvalue weighted by atomic mass is 35.5. The van der Waals surface area contributed by atoms with Crippen molar-refractivity contribution in [1.82, 2.24) is 4.98 Å². The number of aromatic nitrogens is 1. The third-order valence-electron chi connectivity index (χ3n) is 1.96. The van der Waals surface area contributed by atoms with Gasteiger partial charge in [-0.2, -0.15) is 0 Å². The molecule has 3 nitrogen and oxygen atoms in total. The van der Waals surface area contributed by atoms with Gasteiger partial charge in [0.15, 0.2) is 0 Å². The second kappa shape index (κ2) is 5.02. The van der Waals surface area contributed by atoms with Crippen LogP contribution >= 0.6 is 23.2 Å². The van der Waals surface area contributed by atoms with E-state index >= 15 is 0 Å². The molecule has 0 atom stereocenters. The molecular formula is C11H14Cl2N2O. The number of pyridine rings is 1. The van der Waals surface area contributed by atoms with Gasteiger partial charge in [-0.1, -0.05) is 17.7 Å². The molecule has 0 spiro atoms. The first kappa shape index (κ1) is 13.3. The molecule has 0 N–H and O–H groups in total. The number of hydrogen-bond acceptors (Lipinski definition) is 2. The third kappa shape index (κ3) is 3.09. The largest absolute Gasteiger partial charge is 0.290 e. The zero-order valence-electron chi connectivity index (χ0n) is 9.50. The molecule has 0 aliphatic heterocycles.